The lowest BCUT2D eigenvalue weighted by Gasteiger charge is -2.21. The van der Waals surface area contributed by atoms with Crippen molar-refractivity contribution in [3.8, 4) is 17.0 Å². The van der Waals surface area contributed by atoms with E-state index in [0.717, 1.165) is 21.0 Å². The van der Waals surface area contributed by atoms with Crippen molar-refractivity contribution in [2.24, 2.45) is 0 Å². The Labute approximate surface area is 123 Å². The van der Waals surface area contributed by atoms with Crippen LogP contribution in [0.25, 0.3) is 11.3 Å². The number of methoxy groups -OCH3 is 1. The fourth-order valence-corrected chi connectivity index (χ4v) is 3.20. The molecule has 1 heterocycles. The summed E-state index contributed by atoms with van der Waals surface area (Å²) in [5.74, 6) is 0.875. The number of aryl methyl sites for hydroxylation is 1. The van der Waals surface area contributed by atoms with Gasteiger partial charge in [0.1, 0.15) is 5.75 Å². The Bertz CT molecular complexity index is 647. The van der Waals surface area contributed by atoms with Crippen LogP contribution in [0, 0.1) is 10.9 Å². The first-order valence-electron chi connectivity index (χ1n) is 6.21. The standard InChI is InChI=1S/C15H19NOS2/c1-9-13(16-14(18)19-9)11-8-10(15(2,3)4)6-7-12(11)17-5/h6-8H,1-5H3,(H,16,18). The zero-order valence-electron chi connectivity index (χ0n) is 12.0. The molecular weight excluding hydrogens is 274 g/mol. The summed E-state index contributed by atoms with van der Waals surface area (Å²) in [5.41, 5.74) is 3.55. The van der Waals surface area contributed by atoms with E-state index in [2.05, 4.69) is 44.8 Å². The van der Waals surface area contributed by atoms with E-state index in [1.165, 1.54) is 10.4 Å². The zero-order chi connectivity index (χ0) is 14.2. The van der Waals surface area contributed by atoms with Crippen LogP contribution in [-0.4, -0.2) is 12.1 Å². The van der Waals surface area contributed by atoms with Gasteiger partial charge in [-0.2, -0.15) is 0 Å². The number of hydrogen-bond donors (Lipinski definition) is 1. The van der Waals surface area contributed by atoms with Gasteiger partial charge >= 0.3 is 0 Å². The number of aromatic amines is 1. The Morgan fingerprint density at radius 1 is 1.26 bits per heavy atom. The summed E-state index contributed by atoms with van der Waals surface area (Å²) in [5, 5.41) is 0. The van der Waals surface area contributed by atoms with Gasteiger partial charge in [-0.15, -0.1) is 11.3 Å². The fourth-order valence-electron chi connectivity index (χ4n) is 2.03. The molecule has 0 unspecified atom stereocenters. The molecule has 1 aromatic heterocycles. The quantitative estimate of drug-likeness (QED) is 0.780. The minimum atomic E-state index is 0.113. The minimum absolute atomic E-state index is 0.113. The highest BCUT2D eigenvalue weighted by Gasteiger charge is 2.18. The van der Waals surface area contributed by atoms with Gasteiger partial charge in [0.2, 0.25) is 0 Å². The second kappa shape index (κ2) is 5.10. The molecule has 102 valence electrons. The first-order valence-corrected chi connectivity index (χ1v) is 7.44. The van der Waals surface area contributed by atoms with Crippen molar-refractivity contribution in [1.82, 2.24) is 4.98 Å². The van der Waals surface area contributed by atoms with Gasteiger partial charge in [0.05, 0.1) is 12.8 Å². The first kappa shape index (κ1) is 14.3. The van der Waals surface area contributed by atoms with Gasteiger partial charge in [0.15, 0.2) is 3.95 Å². The molecule has 0 bridgehead atoms. The molecule has 0 aliphatic rings. The fraction of sp³-hybridized carbons (Fsp3) is 0.400. The molecule has 2 aromatic rings. The molecular formula is C15H19NOS2. The lowest BCUT2D eigenvalue weighted by Crippen LogP contribution is -2.11. The van der Waals surface area contributed by atoms with Gasteiger partial charge in [0, 0.05) is 10.4 Å². The van der Waals surface area contributed by atoms with Crippen molar-refractivity contribution in [3.05, 3.63) is 32.6 Å². The third kappa shape index (κ3) is 2.90. The van der Waals surface area contributed by atoms with Crippen molar-refractivity contribution in [3.63, 3.8) is 0 Å². The van der Waals surface area contributed by atoms with E-state index < -0.39 is 0 Å². The van der Waals surface area contributed by atoms with Crippen LogP contribution in [0.2, 0.25) is 0 Å². The van der Waals surface area contributed by atoms with E-state index in [1.807, 2.05) is 6.07 Å². The molecule has 2 nitrogen and oxygen atoms in total. The summed E-state index contributed by atoms with van der Waals surface area (Å²) in [6.45, 7) is 8.71. The van der Waals surface area contributed by atoms with Crippen LogP contribution in [0.1, 0.15) is 31.2 Å². The third-order valence-corrected chi connectivity index (χ3v) is 4.31. The summed E-state index contributed by atoms with van der Waals surface area (Å²) in [7, 11) is 1.70. The van der Waals surface area contributed by atoms with Gasteiger partial charge < -0.3 is 9.72 Å². The molecule has 1 aromatic carbocycles. The van der Waals surface area contributed by atoms with Crippen LogP contribution in [0.4, 0.5) is 0 Å². The van der Waals surface area contributed by atoms with Crippen molar-refractivity contribution in [2.45, 2.75) is 33.1 Å². The van der Waals surface area contributed by atoms with Gasteiger partial charge in [-0.1, -0.05) is 26.8 Å². The minimum Gasteiger partial charge on any atom is -0.496 e. The van der Waals surface area contributed by atoms with Crippen molar-refractivity contribution < 1.29 is 4.74 Å². The van der Waals surface area contributed by atoms with Crippen LogP contribution in [-0.2, 0) is 5.41 Å². The number of benzene rings is 1. The number of H-pyrrole nitrogens is 1. The molecule has 0 radical (unpaired) electrons. The molecule has 0 aliphatic heterocycles. The Morgan fingerprint density at radius 3 is 2.42 bits per heavy atom. The maximum absolute atomic E-state index is 5.48. The van der Waals surface area contributed by atoms with E-state index >= 15 is 0 Å². The van der Waals surface area contributed by atoms with Gasteiger partial charge in [-0.25, -0.2) is 0 Å². The first-order chi connectivity index (χ1) is 8.82. The summed E-state index contributed by atoms with van der Waals surface area (Å²) < 4.78 is 6.28. The second-order valence-electron chi connectivity index (χ2n) is 5.61. The highest BCUT2D eigenvalue weighted by Crippen LogP contribution is 2.36. The summed E-state index contributed by atoms with van der Waals surface area (Å²) in [6, 6.07) is 6.35. The lowest BCUT2D eigenvalue weighted by molar-refractivity contribution is 0.415. The van der Waals surface area contributed by atoms with Crippen LogP contribution < -0.4 is 4.74 Å². The van der Waals surface area contributed by atoms with Gasteiger partial charge in [0.25, 0.3) is 0 Å². The molecule has 2 rings (SSSR count). The van der Waals surface area contributed by atoms with Crippen LogP contribution in [0.5, 0.6) is 5.75 Å². The highest BCUT2D eigenvalue weighted by atomic mass is 32.1. The molecule has 0 spiro atoms. The highest BCUT2D eigenvalue weighted by molar-refractivity contribution is 7.73. The Kier molecular flexibility index (Phi) is 3.83. The third-order valence-electron chi connectivity index (χ3n) is 3.16. The zero-order valence-corrected chi connectivity index (χ0v) is 13.6. The predicted molar refractivity (Wildman–Crippen MR) is 84.9 cm³/mol. The van der Waals surface area contributed by atoms with E-state index in [1.54, 1.807) is 18.4 Å². The van der Waals surface area contributed by atoms with Gasteiger partial charge in [-0.3, -0.25) is 0 Å². The molecule has 0 saturated carbocycles. The average Bonchev–Trinajstić information content (AvgIpc) is 2.66. The maximum atomic E-state index is 5.48. The van der Waals surface area contributed by atoms with Crippen LogP contribution in [0.3, 0.4) is 0 Å². The maximum Gasteiger partial charge on any atom is 0.159 e. The van der Waals surface area contributed by atoms with Crippen molar-refractivity contribution >= 4 is 23.6 Å². The monoisotopic (exact) mass is 293 g/mol. The van der Waals surface area contributed by atoms with E-state index in [-0.39, 0.29) is 5.41 Å². The molecule has 19 heavy (non-hydrogen) atoms. The summed E-state index contributed by atoms with van der Waals surface area (Å²) in [6.07, 6.45) is 0. The molecule has 0 amide bonds. The molecule has 0 saturated heterocycles. The van der Waals surface area contributed by atoms with Crippen molar-refractivity contribution in [1.29, 1.82) is 0 Å². The van der Waals surface area contributed by atoms with Crippen molar-refractivity contribution in [2.75, 3.05) is 7.11 Å². The summed E-state index contributed by atoms with van der Waals surface area (Å²) in [4.78, 5) is 4.46. The molecule has 1 N–H and O–H groups in total. The smallest absolute Gasteiger partial charge is 0.159 e. The topological polar surface area (TPSA) is 25.0 Å². The Morgan fingerprint density at radius 2 is 1.95 bits per heavy atom. The van der Waals surface area contributed by atoms with E-state index in [4.69, 9.17) is 17.0 Å². The number of hydrogen-bond acceptors (Lipinski definition) is 3. The molecule has 0 aliphatic carbocycles. The normalized spacial score (nSPS) is 11.6. The van der Waals surface area contributed by atoms with E-state index in [9.17, 15) is 0 Å². The van der Waals surface area contributed by atoms with Crippen LogP contribution >= 0.6 is 23.6 Å². The Hall–Kier alpha value is -1.13. The molecule has 0 fully saturated rings. The van der Waals surface area contributed by atoms with Crippen LogP contribution in [0.15, 0.2) is 18.2 Å². The van der Waals surface area contributed by atoms with E-state index in [0.29, 0.717) is 0 Å². The number of rotatable bonds is 2. The summed E-state index contributed by atoms with van der Waals surface area (Å²) >= 11 is 6.83. The molecule has 0 atom stereocenters. The second-order valence-corrected chi connectivity index (χ2v) is 7.50. The number of aromatic nitrogens is 1. The molecule has 4 heteroatoms. The largest absolute Gasteiger partial charge is 0.496 e. The SMILES string of the molecule is COc1ccc(C(C)(C)C)cc1-c1[nH]c(=S)sc1C. The average molecular weight is 293 g/mol. The number of thiazole rings is 1. The number of nitrogens with one attached hydrogen (secondary N) is 1. The van der Waals surface area contributed by atoms with Gasteiger partial charge in [-0.05, 0) is 42.3 Å². The Balaban J connectivity index is 2.66. The lowest BCUT2D eigenvalue weighted by atomic mass is 9.85. The number of ether oxygens (including phenoxy) is 1. The predicted octanol–water partition coefficient (Wildman–Crippen LogP) is 5.09.